The van der Waals surface area contributed by atoms with Crippen molar-refractivity contribution in [3.63, 3.8) is 0 Å². The molecule has 0 aliphatic rings. The van der Waals surface area contributed by atoms with Crippen LogP contribution in [0.15, 0.2) is 57.2 Å². The predicted molar refractivity (Wildman–Crippen MR) is 75.5 cm³/mol. The van der Waals surface area contributed by atoms with Crippen molar-refractivity contribution in [1.82, 2.24) is 0 Å². The van der Waals surface area contributed by atoms with E-state index < -0.39 is 0 Å². The molecular formula is C15H14FNS. The maximum Gasteiger partial charge on any atom is 0.123 e. The maximum absolute atomic E-state index is 12.8. The average molecular weight is 259 g/mol. The second-order valence-corrected chi connectivity index (χ2v) is 5.04. The first-order valence-corrected chi connectivity index (χ1v) is 6.53. The molecule has 0 heterocycles. The number of hydrogen-bond acceptors (Lipinski definition) is 2. The van der Waals surface area contributed by atoms with Crippen molar-refractivity contribution in [2.24, 2.45) is 4.99 Å². The Hall–Kier alpha value is -1.61. The molecule has 0 unspecified atom stereocenters. The Morgan fingerprint density at radius 1 is 1.06 bits per heavy atom. The van der Waals surface area contributed by atoms with Gasteiger partial charge in [-0.25, -0.2) is 4.39 Å². The molecule has 1 nitrogen and oxygen atoms in total. The first-order valence-electron chi connectivity index (χ1n) is 5.72. The van der Waals surface area contributed by atoms with Crippen molar-refractivity contribution in [3.8, 4) is 0 Å². The summed E-state index contributed by atoms with van der Waals surface area (Å²) in [7, 11) is 0. The fourth-order valence-electron chi connectivity index (χ4n) is 1.57. The number of halogens is 1. The number of nitrogens with zero attached hydrogens (tertiary/aromatic N) is 1. The minimum absolute atomic E-state index is 0.209. The van der Waals surface area contributed by atoms with E-state index in [1.807, 2.05) is 26.0 Å². The lowest BCUT2D eigenvalue weighted by atomic mass is 10.2. The number of rotatable bonds is 3. The van der Waals surface area contributed by atoms with Gasteiger partial charge in [0.15, 0.2) is 0 Å². The normalized spacial score (nSPS) is 11.1. The maximum atomic E-state index is 12.8. The van der Waals surface area contributed by atoms with Crippen LogP contribution in [-0.2, 0) is 0 Å². The summed E-state index contributed by atoms with van der Waals surface area (Å²) >= 11 is 1.60. The van der Waals surface area contributed by atoms with Gasteiger partial charge in [-0.2, -0.15) is 0 Å². The van der Waals surface area contributed by atoms with Gasteiger partial charge in [0.2, 0.25) is 0 Å². The molecule has 0 aliphatic heterocycles. The van der Waals surface area contributed by atoms with Crippen molar-refractivity contribution in [1.29, 1.82) is 0 Å². The zero-order valence-electron chi connectivity index (χ0n) is 10.4. The van der Waals surface area contributed by atoms with E-state index >= 15 is 0 Å². The van der Waals surface area contributed by atoms with Gasteiger partial charge < -0.3 is 0 Å². The molecule has 0 amide bonds. The summed E-state index contributed by atoms with van der Waals surface area (Å²) < 4.78 is 12.8. The van der Waals surface area contributed by atoms with E-state index in [2.05, 4.69) is 11.1 Å². The lowest BCUT2D eigenvalue weighted by Crippen LogP contribution is -1.79. The Labute approximate surface area is 111 Å². The Morgan fingerprint density at radius 3 is 2.39 bits per heavy atom. The monoisotopic (exact) mass is 259 g/mol. The van der Waals surface area contributed by atoms with Gasteiger partial charge in [0, 0.05) is 16.0 Å². The molecule has 0 aliphatic carbocycles. The average Bonchev–Trinajstić information content (AvgIpc) is 2.37. The van der Waals surface area contributed by atoms with Crippen LogP contribution >= 0.6 is 11.8 Å². The molecule has 0 fully saturated rings. The fourth-order valence-corrected chi connectivity index (χ4v) is 2.42. The van der Waals surface area contributed by atoms with Crippen LogP contribution in [0, 0.1) is 12.7 Å². The Kier molecular flexibility index (Phi) is 4.15. The van der Waals surface area contributed by atoms with E-state index in [1.54, 1.807) is 30.1 Å². The largest absolute Gasteiger partial charge is 0.261 e. The summed E-state index contributed by atoms with van der Waals surface area (Å²) in [6, 6.07) is 12.7. The summed E-state index contributed by atoms with van der Waals surface area (Å²) in [4.78, 5) is 6.45. The van der Waals surface area contributed by atoms with E-state index in [0.29, 0.717) is 0 Å². The summed E-state index contributed by atoms with van der Waals surface area (Å²) in [5.74, 6) is -0.209. The highest BCUT2D eigenvalue weighted by atomic mass is 32.2. The van der Waals surface area contributed by atoms with Crippen LogP contribution in [0.1, 0.15) is 12.5 Å². The van der Waals surface area contributed by atoms with Crippen molar-refractivity contribution in [2.45, 2.75) is 23.6 Å². The zero-order valence-corrected chi connectivity index (χ0v) is 11.2. The molecule has 0 aromatic heterocycles. The Balaban J connectivity index is 2.24. The minimum Gasteiger partial charge on any atom is -0.261 e. The first-order chi connectivity index (χ1) is 8.69. The molecule has 92 valence electrons. The highest BCUT2D eigenvalue weighted by Gasteiger charge is 2.01. The van der Waals surface area contributed by atoms with Gasteiger partial charge in [-0.05, 0) is 55.8 Å². The van der Waals surface area contributed by atoms with Crippen molar-refractivity contribution in [3.05, 3.63) is 53.8 Å². The molecule has 2 aromatic carbocycles. The molecule has 0 atom stereocenters. The second-order valence-electron chi connectivity index (χ2n) is 3.89. The van der Waals surface area contributed by atoms with Crippen LogP contribution in [-0.4, -0.2) is 6.21 Å². The van der Waals surface area contributed by atoms with Gasteiger partial charge >= 0.3 is 0 Å². The molecule has 0 spiro atoms. The number of aryl methyl sites for hydroxylation is 1. The number of benzene rings is 2. The van der Waals surface area contributed by atoms with Crippen LogP contribution in [0.4, 0.5) is 10.1 Å². The van der Waals surface area contributed by atoms with Gasteiger partial charge in [-0.1, -0.05) is 17.8 Å². The van der Waals surface area contributed by atoms with Crippen LogP contribution in [0.25, 0.3) is 0 Å². The SMILES string of the molecule is CC=Nc1cc(Sc2ccc(F)cc2)ccc1C. The third kappa shape index (κ3) is 3.20. The van der Waals surface area contributed by atoms with Crippen molar-refractivity contribution >= 4 is 23.7 Å². The minimum atomic E-state index is -0.209. The number of hydrogen-bond donors (Lipinski definition) is 0. The van der Waals surface area contributed by atoms with Gasteiger partial charge in [0.05, 0.1) is 5.69 Å². The molecule has 0 saturated heterocycles. The molecule has 0 radical (unpaired) electrons. The van der Waals surface area contributed by atoms with Gasteiger partial charge in [-0.15, -0.1) is 0 Å². The molecule has 0 bridgehead atoms. The Bertz CT molecular complexity index is 561. The summed E-state index contributed by atoms with van der Waals surface area (Å²) in [6.07, 6.45) is 1.79. The van der Waals surface area contributed by atoms with Crippen molar-refractivity contribution in [2.75, 3.05) is 0 Å². The lowest BCUT2D eigenvalue weighted by Gasteiger charge is -2.05. The van der Waals surface area contributed by atoms with Crippen LogP contribution in [0.5, 0.6) is 0 Å². The van der Waals surface area contributed by atoms with Gasteiger partial charge in [0.25, 0.3) is 0 Å². The first kappa shape index (κ1) is 12.8. The topological polar surface area (TPSA) is 12.4 Å². The molecule has 3 heteroatoms. The second kappa shape index (κ2) is 5.83. The van der Waals surface area contributed by atoms with E-state index in [4.69, 9.17) is 0 Å². The van der Waals surface area contributed by atoms with Gasteiger partial charge in [-0.3, -0.25) is 4.99 Å². The van der Waals surface area contributed by atoms with E-state index in [9.17, 15) is 4.39 Å². The third-order valence-corrected chi connectivity index (χ3v) is 3.50. The molecule has 2 rings (SSSR count). The predicted octanol–water partition coefficient (Wildman–Crippen LogP) is 5.01. The highest BCUT2D eigenvalue weighted by Crippen LogP contribution is 2.31. The lowest BCUT2D eigenvalue weighted by molar-refractivity contribution is 0.626. The van der Waals surface area contributed by atoms with Crippen LogP contribution in [0.3, 0.4) is 0 Å². The molecular weight excluding hydrogens is 245 g/mol. The number of aliphatic imine (C=N–C) groups is 1. The molecule has 0 N–H and O–H groups in total. The van der Waals surface area contributed by atoms with Gasteiger partial charge in [0.1, 0.15) is 5.82 Å². The highest BCUT2D eigenvalue weighted by molar-refractivity contribution is 7.99. The van der Waals surface area contributed by atoms with Crippen molar-refractivity contribution < 1.29 is 4.39 Å². The van der Waals surface area contributed by atoms with E-state index in [0.717, 1.165) is 21.0 Å². The smallest absolute Gasteiger partial charge is 0.123 e. The standard InChI is InChI=1S/C15H14FNS/c1-3-17-15-10-14(7-4-11(15)2)18-13-8-5-12(16)6-9-13/h3-10H,1-2H3. The third-order valence-electron chi connectivity index (χ3n) is 2.50. The van der Waals surface area contributed by atoms with Crippen LogP contribution < -0.4 is 0 Å². The summed E-state index contributed by atoms with van der Waals surface area (Å²) in [5, 5.41) is 0. The summed E-state index contributed by atoms with van der Waals surface area (Å²) in [5.41, 5.74) is 2.13. The Morgan fingerprint density at radius 2 is 1.72 bits per heavy atom. The van der Waals surface area contributed by atoms with Crippen LogP contribution in [0.2, 0.25) is 0 Å². The molecule has 2 aromatic rings. The summed E-state index contributed by atoms with van der Waals surface area (Å²) in [6.45, 7) is 3.94. The molecule has 0 saturated carbocycles. The fraction of sp³-hybridized carbons (Fsp3) is 0.133. The zero-order chi connectivity index (χ0) is 13.0. The quantitative estimate of drug-likeness (QED) is 0.706. The molecule has 18 heavy (non-hydrogen) atoms. The van der Waals surface area contributed by atoms with E-state index in [1.165, 1.54) is 12.1 Å². The van der Waals surface area contributed by atoms with E-state index in [-0.39, 0.29) is 5.82 Å².